The van der Waals surface area contributed by atoms with E-state index < -0.39 is 0 Å². The van der Waals surface area contributed by atoms with Gasteiger partial charge in [-0.05, 0) is 44.1 Å². The van der Waals surface area contributed by atoms with Gasteiger partial charge in [0.25, 0.3) is 0 Å². The molecule has 0 saturated carbocycles. The van der Waals surface area contributed by atoms with Gasteiger partial charge in [-0.1, -0.05) is 6.07 Å². The molecule has 0 aromatic heterocycles. The molecule has 2 N–H and O–H groups in total. The maximum Gasteiger partial charge on any atom is 0.103 e. The van der Waals surface area contributed by atoms with Gasteiger partial charge in [0, 0.05) is 24.0 Å². The van der Waals surface area contributed by atoms with Gasteiger partial charge in [-0.25, -0.2) is 0 Å². The van der Waals surface area contributed by atoms with E-state index in [4.69, 9.17) is 5.73 Å². The molecule has 19 heavy (non-hydrogen) atoms. The summed E-state index contributed by atoms with van der Waals surface area (Å²) in [6.07, 6.45) is 4.36. The van der Waals surface area contributed by atoms with Gasteiger partial charge in [0.05, 0.1) is 11.3 Å². The molecule has 0 aliphatic carbocycles. The first-order valence-corrected chi connectivity index (χ1v) is 7.97. The molecule has 1 heterocycles. The summed E-state index contributed by atoms with van der Waals surface area (Å²) in [5.74, 6) is 0.526. The van der Waals surface area contributed by atoms with Gasteiger partial charge in [0.1, 0.15) is 6.07 Å². The zero-order valence-electron chi connectivity index (χ0n) is 11.6. The summed E-state index contributed by atoms with van der Waals surface area (Å²) in [6.45, 7) is 4.07. The minimum absolute atomic E-state index is 0.220. The third kappa shape index (κ3) is 3.05. The standard InChI is InChI=1S/C15H21N3S/c1-11(17)12-5-4-8-18(10-12)14-6-3-7-15(19-2)13(14)9-16/h3,6-7,11-12H,4-5,8,10,17H2,1-2H3. The van der Waals surface area contributed by atoms with Gasteiger partial charge in [0.2, 0.25) is 0 Å². The number of benzene rings is 1. The third-order valence-electron chi connectivity index (χ3n) is 3.88. The Morgan fingerprint density at radius 2 is 2.32 bits per heavy atom. The highest BCUT2D eigenvalue weighted by atomic mass is 32.2. The normalized spacial score (nSPS) is 20.9. The molecule has 0 bridgehead atoms. The number of rotatable bonds is 3. The zero-order valence-corrected chi connectivity index (χ0v) is 12.4. The van der Waals surface area contributed by atoms with E-state index in [2.05, 4.69) is 24.0 Å². The summed E-state index contributed by atoms with van der Waals surface area (Å²) in [4.78, 5) is 3.39. The Hall–Kier alpha value is -1.18. The first-order valence-electron chi connectivity index (χ1n) is 6.75. The molecule has 3 nitrogen and oxygen atoms in total. The van der Waals surface area contributed by atoms with E-state index in [1.807, 2.05) is 18.4 Å². The average molecular weight is 275 g/mol. The second-order valence-electron chi connectivity index (χ2n) is 5.17. The molecular weight excluding hydrogens is 254 g/mol. The Morgan fingerprint density at radius 1 is 1.53 bits per heavy atom. The van der Waals surface area contributed by atoms with Gasteiger partial charge >= 0.3 is 0 Å². The lowest BCUT2D eigenvalue weighted by Gasteiger charge is -2.36. The van der Waals surface area contributed by atoms with Gasteiger partial charge in [0.15, 0.2) is 0 Å². The van der Waals surface area contributed by atoms with Crippen LogP contribution in [-0.4, -0.2) is 25.4 Å². The third-order valence-corrected chi connectivity index (χ3v) is 4.66. The molecule has 4 heteroatoms. The smallest absolute Gasteiger partial charge is 0.103 e. The number of anilines is 1. The zero-order chi connectivity index (χ0) is 13.8. The molecule has 2 atom stereocenters. The first-order chi connectivity index (χ1) is 9.17. The molecule has 1 saturated heterocycles. The topological polar surface area (TPSA) is 53.0 Å². The Morgan fingerprint density at radius 3 is 2.95 bits per heavy atom. The number of nitrogens with two attached hydrogens (primary N) is 1. The molecule has 0 radical (unpaired) electrons. The highest BCUT2D eigenvalue weighted by Gasteiger charge is 2.24. The van der Waals surface area contributed by atoms with E-state index in [1.165, 1.54) is 6.42 Å². The van der Waals surface area contributed by atoms with Crippen LogP contribution in [0.1, 0.15) is 25.3 Å². The maximum absolute atomic E-state index is 9.42. The van der Waals surface area contributed by atoms with Crippen molar-refractivity contribution in [2.24, 2.45) is 11.7 Å². The van der Waals surface area contributed by atoms with Crippen LogP contribution < -0.4 is 10.6 Å². The quantitative estimate of drug-likeness (QED) is 0.862. The van der Waals surface area contributed by atoms with Crippen LogP contribution in [0, 0.1) is 17.2 Å². The molecular formula is C15H21N3S. The number of nitrogens with zero attached hydrogens (tertiary/aromatic N) is 2. The molecule has 1 aromatic rings. The van der Waals surface area contributed by atoms with Crippen LogP contribution in [0.25, 0.3) is 0 Å². The molecule has 102 valence electrons. The molecule has 2 unspecified atom stereocenters. The van der Waals surface area contributed by atoms with Crippen molar-refractivity contribution in [3.05, 3.63) is 23.8 Å². The van der Waals surface area contributed by atoms with Crippen LogP contribution in [0.15, 0.2) is 23.1 Å². The second kappa shape index (κ2) is 6.31. The van der Waals surface area contributed by atoms with Gasteiger partial charge in [-0.15, -0.1) is 11.8 Å². The maximum atomic E-state index is 9.42. The van der Waals surface area contributed by atoms with E-state index in [9.17, 15) is 5.26 Å². The minimum atomic E-state index is 0.220. The van der Waals surface area contributed by atoms with Crippen molar-refractivity contribution in [3.63, 3.8) is 0 Å². The summed E-state index contributed by atoms with van der Waals surface area (Å²) >= 11 is 1.63. The molecule has 1 aliphatic heterocycles. The van der Waals surface area contributed by atoms with E-state index >= 15 is 0 Å². The van der Waals surface area contributed by atoms with Crippen molar-refractivity contribution in [1.29, 1.82) is 5.26 Å². The van der Waals surface area contributed by atoms with Crippen molar-refractivity contribution in [3.8, 4) is 6.07 Å². The largest absolute Gasteiger partial charge is 0.370 e. The number of hydrogen-bond donors (Lipinski definition) is 1. The van der Waals surface area contributed by atoms with Crippen LogP contribution in [-0.2, 0) is 0 Å². The fraction of sp³-hybridized carbons (Fsp3) is 0.533. The second-order valence-corrected chi connectivity index (χ2v) is 6.02. The molecule has 0 spiro atoms. The monoisotopic (exact) mass is 275 g/mol. The lowest BCUT2D eigenvalue weighted by atomic mass is 9.91. The van der Waals surface area contributed by atoms with Crippen molar-refractivity contribution in [1.82, 2.24) is 0 Å². The molecule has 1 aliphatic rings. The highest BCUT2D eigenvalue weighted by Crippen LogP contribution is 2.32. The van der Waals surface area contributed by atoms with Crippen molar-refractivity contribution < 1.29 is 0 Å². The first kappa shape index (κ1) is 14.2. The lowest BCUT2D eigenvalue weighted by Crippen LogP contribution is -2.42. The van der Waals surface area contributed by atoms with E-state index in [0.29, 0.717) is 5.92 Å². The summed E-state index contributed by atoms with van der Waals surface area (Å²) < 4.78 is 0. The Balaban J connectivity index is 2.29. The Kier molecular flexibility index (Phi) is 4.73. The summed E-state index contributed by atoms with van der Waals surface area (Å²) in [7, 11) is 0. The number of nitriles is 1. The molecule has 2 rings (SSSR count). The predicted molar refractivity (Wildman–Crippen MR) is 81.5 cm³/mol. The van der Waals surface area contributed by atoms with Crippen molar-refractivity contribution in [2.75, 3.05) is 24.2 Å². The van der Waals surface area contributed by atoms with Crippen LogP contribution >= 0.6 is 11.8 Å². The van der Waals surface area contributed by atoms with Crippen molar-refractivity contribution in [2.45, 2.75) is 30.7 Å². The number of hydrogen-bond acceptors (Lipinski definition) is 4. The van der Waals surface area contributed by atoms with Gasteiger partial charge in [-0.2, -0.15) is 5.26 Å². The fourth-order valence-electron chi connectivity index (χ4n) is 2.72. The molecule has 0 amide bonds. The van der Waals surface area contributed by atoms with E-state index in [1.54, 1.807) is 11.8 Å². The van der Waals surface area contributed by atoms with E-state index in [-0.39, 0.29) is 6.04 Å². The average Bonchev–Trinajstić information content (AvgIpc) is 2.46. The van der Waals surface area contributed by atoms with Gasteiger partial charge in [-0.3, -0.25) is 0 Å². The minimum Gasteiger partial charge on any atom is -0.370 e. The Labute approximate surface area is 119 Å². The summed E-state index contributed by atoms with van der Waals surface area (Å²) in [5.41, 5.74) is 7.91. The predicted octanol–water partition coefficient (Wildman–Crippen LogP) is 2.84. The van der Waals surface area contributed by atoms with Gasteiger partial charge < -0.3 is 10.6 Å². The highest BCUT2D eigenvalue weighted by molar-refractivity contribution is 7.98. The van der Waals surface area contributed by atoms with Crippen LogP contribution in [0.5, 0.6) is 0 Å². The van der Waals surface area contributed by atoms with Crippen molar-refractivity contribution >= 4 is 17.4 Å². The van der Waals surface area contributed by atoms with Crippen LogP contribution in [0.4, 0.5) is 5.69 Å². The molecule has 1 aromatic carbocycles. The summed E-state index contributed by atoms with van der Waals surface area (Å²) in [5, 5.41) is 9.42. The molecule has 1 fully saturated rings. The number of piperidine rings is 1. The van der Waals surface area contributed by atoms with Crippen LogP contribution in [0.3, 0.4) is 0 Å². The van der Waals surface area contributed by atoms with Crippen LogP contribution in [0.2, 0.25) is 0 Å². The lowest BCUT2D eigenvalue weighted by molar-refractivity contribution is 0.364. The summed E-state index contributed by atoms with van der Waals surface area (Å²) in [6, 6.07) is 8.69. The Bertz CT molecular complexity index is 479. The fourth-order valence-corrected chi connectivity index (χ4v) is 3.29. The SMILES string of the molecule is CSc1cccc(N2CCCC(C(C)N)C2)c1C#N. The van der Waals surface area contributed by atoms with E-state index in [0.717, 1.165) is 35.7 Å². The number of thioether (sulfide) groups is 1.